The number of ether oxygens (including phenoxy) is 1. The van der Waals surface area contributed by atoms with Gasteiger partial charge in [0.1, 0.15) is 5.76 Å². The Morgan fingerprint density at radius 3 is 2.83 bits per heavy atom. The normalized spacial score (nSPS) is 20.2. The van der Waals surface area contributed by atoms with Gasteiger partial charge in [-0.1, -0.05) is 6.92 Å². The first-order chi connectivity index (χ1) is 5.69. The molecule has 3 heteroatoms. The van der Waals surface area contributed by atoms with E-state index < -0.39 is 0 Å². The van der Waals surface area contributed by atoms with Gasteiger partial charge in [0.2, 0.25) is 0 Å². The molecule has 1 amide bonds. The fourth-order valence-corrected chi connectivity index (χ4v) is 1.07. The summed E-state index contributed by atoms with van der Waals surface area (Å²) in [6, 6.07) is 0. The minimum absolute atomic E-state index is 0.102. The molecule has 1 N–H and O–H groups in total. The Morgan fingerprint density at radius 2 is 2.33 bits per heavy atom. The van der Waals surface area contributed by atoms with Crippen molar-refractivity contribution in [1.29, 1.82) is 0 Å². The van der Waals surface area contributed by atoms with E-state index in [-0.39, 0.29) is 5.91 Å². The third-order valence-electron chi connectivity index (χ3n) is 1.93. The molecule has 66 valence electrons. The predicted molar refractivity (Wildman–Crippen MR) is 46.2 cm³/mol. The summed E-state index contributed by atoms with van der Waals surface area (Å²) in [6.07, 6.45) is 2.38. The van der Waals surface area contributed by atoms with Crippen LogP contribution in [0.3, 0.4) is 0 Å². The van der Waals surface area contributed by atoms with Crippen LogP contribution in [0.2, 0.25) is 0 Å². The van der Waals surface area contributed by atoms with E-state index in [1.807, 2.05) is 13.8 Å². The highest BCUT2D eigenvalue weighted by Gasteiger charge is 2.19. The Labute approximate surface area is 72.1 Å². The Bertz CT molecular complexity index is 264. The first-order valence-electron chi connectivity index (χ1n) is 3.95. The van der Waals surface area contributed by atoms with Gasteiger partial charge in [0.15, 0.2) is 0 Å². The molecule has 0 bridgehead atoms. The molecule has 0 saturated carbocycles. The topological polar surface area (TPSA) is 38.3 Å². The third-order valence-corrected chi connectivity index (χ3v) is 1.93. The van der Waals surface area contributed by atoms with Crippen LogP contribution in [0.1, 0.15) is 20.3 Å². The van der Waals surface area contributed by atoms with E-state index in [2.05, 4.69) is 5.32 Å². The summed E-state index contributed by atoms with van der Waals surface area (Å²) < 4.78 is 5.04. The van der Waals surface area contributed by atoms with Crippen LogP contribution in [0.4, 0.5) is 0 Å². The first-order valence-corrected chi connectivity index (χ1v) is 3.95. The highest BCUT2D eigenvalue weighted by molar-refractivity contribution is 5.94. The van der Waals surface area contributed by atoms with Gasteiger partial charge in [0.05, 0.1) is 12.8 Å². The lowest BCUT2D eigenvalue weighted by molar-refractivity contribution is -0.115. The van der Waals surface area contributed by atoms with Gasteiger partial charge in [-0.05, 0) is 18.9 Å². The molecule has 0 aromatic carbocycles. The van der Waals surface area contributed by atoms with E-state index >= 15 is 0 Å². The highest BCUT2D eigenvalue weighted by Crippen LogP contribution is 2.19. The summed E-state index contributed by atoms with van der Waals surface area (Å²) in [5, 5.41) is 2.73. The molecular weight excluding hydrogens is 154 g/mol. The van der Waals surface area contributed by atoms with E-state index in [1.165, 1.54) is 6.08 Å². The van der Waals surface area contributed by atoms with Gasteiger partial charge in [0.25, 0.3) is 5.91 Å². The zero-order valence-electron chi connectivity index (χ0n) is 7.60. The van der Waals surface area contributed by atoms with Crippen LogP contribution in [-0.4, -0.2) is 13.0 Å². The molecule has 12 heavy (non-hydrogen) atoms. The van der Waals surface area contributed by atoms with Crippen molar-refractivity contribution in [2.45, 2.75) is 20.3 Å². The minimum atomic E-state index is -0.102. The smallest absolute Gasteiger partial charge is 0.252 e. The average molecular weight is 167 g/mol. The molecule has 0 aromatic rings. The van der Waals surface area contributed by atoms with Crippen LogP contribution in [0.15, 0.2) is 23.1 Å². The van der Waals surface area contributed by atoms with E-state index in [4.69, 9.17) is 4.74 Å². The Morgan fingerprint density at radius 1 is 1.67 bits per heavy atom. The number of methoxy groups -OCH3 is 1. The number of allylic oxidation sites excluding steroid dienone is 1. The molecule has 0 atom stereocenters. The predicted octanol–water partition coefficient (Wildman–Crippen LogP) is 1.33. The van der Waals surface area contributed by atoms with Gasteiger partial charge >= 0.3 is 0 Å². The molecule has 1 aliphatic heterocycles. The maximum atomic E-state index is 10.9. The Kier molecular flexibility index (Phi) is 2.53. The van der Waals surface area contributed by atoms with E-state index in [1.54, 1.807) is 7.11 Å². The van der Waals surface area contributed by atoms with Crippen LogP contribution >= 0.6 is 0 Å². The fraction of sp³-hybridized carbons (Fsp3) is 0.444. The SMILES string of the molecule is CCC(C)=C1NC(=O)C=C1OC. The van der Waals surface area contributed by atoms with Crippen molar-refractivity contribution < 1.29 is 9.53 Å². The molecule has 1 rings (SSSR count). The molecule has 0 radical (unpaired) electrons. The standard InChI is InChI=1S/C9H13NO2/c1-4-6(2)9-7(12-3)5-8(11)10-9/h5H,4H2,1-3H3,(H,10,11). The number of carbonyl (C=O) groups excluding carboxylic acids is 1. The molecule has 3 nitrogen and oxygen atoms in total. The molecule has 0 saturated heterocycles. The number of hydrogen-bond acceptors (Lipinski definition) is 2. The zero-order chi connectivity index (χ0) is 9.14. The summed E-state index contributed by atoms with van der Waals surface area (Å²) in [5.74, 6) is 0.536. The van der Waals surface area contributed by atoms with Crippen molar-refractivity contribution in [2.75, 3.05) is 7.11 Å². The lowest BCUT2D eigenvalue weighted by Crippen LogP contribution is -2.15. The van der Waals surface area contributed by atoms with Crippen molar-refractivity contribution in [2.24, 2.45) is 0 Å². The summed E-state index contributed by atoms with van der Waals surface area (Å²) in [7, 11) is 1.56. The van der Waals surface area contributed by atoms with Crippen LogP contribution in [0.5, 0.6) is 0 Å². The molecule has 1 aliphatic rings. The van der Waals surface area contributed by atoms with Gasteiger partial charge in [-0.2, -0.15) is 0 Å². The second-order valence-electron chi connectivity index (χ2n) is 2.71. The largest absolute Gasteiger partial charge is 0.494 e. The number of amides is 1. The van der Waals surface area contributed by atoms with Gasteiger partial charge in [0, 0.05) is 6.08 Å². The summed E-state index contributed by atoms with van der Waals surface area (Å²) in [5.41, 5.74) is 1.96. The molecular formula is C9H13NO2. The molecule has 1 heterocycles. The number of carbonyl (C=O) groups is 1. The number of nitrogens with one attached hydrogen (secondary N) is 1. The van der Waals surface area contributed by atoms with Crippen molar-refractivity contribution in [3.05, 3.63) is 23.1 Å². The van der Waals surface area contributed by atoms with Crippen molar-refractivity contribution >= 4 is 5.91 Å². The maximum Gasteiger partial charge on any atom is 0.252 e. The van der Waals surface area contributed by atoms with Crippen LogP contribution in [-0.2, 0) is 9.53 Å². The van der Waals surface area contributed by atoms with Crippen molar-refractivity contribution in [3.63, 3.8) is 0 Å². The lowest BCUT2D eigenvalue weighted by Gasteiger charge is -2.07. The zero-order valence-corrected chi connectivity index (χ0v) is 7.60. The molecule has 0 unspecified atom stereocenters. The second-order valence-corrected chi connectivity index (χ2v) is 2.71. The number of rotatable bonds is 2. The molecule has 0 spiro atoms. The molecule has 0 aliphatic carbocycles. The van der Waals surface area contributed by atoms with Crippen molar-refractivity contribution in [1.82, 2.24) is 5.32 Å². The van der Waals surface area contributed by atoms with Crippen LogP contribution < -0.4 is 5.32 Å². The van der Waals surface area contributed by atoms with E-state index in [0.29, 0.717) is 5.76 Å². The average Bonchev–Trinajstić information content (AvgIpc) is 2.45. The van der Waals surface area contributed by atoms with Gasteiger partial charge in [-0.25, -0.2) is 0 Å². The lowest BCUT2D eigenvalue weighted by atomic mass is 10.2. The monoisotopic (exact) mass is 167 g/mol. The van der Waals surface area contributed by atoms with E-state index in [9.17, 15) is 4.79 Å². The maximum absolute atomic E-state index is 10.9. The third kappa shape index (κ3) is 1.49. The van der Waals surface area contributed by atoms with Gasteiger partial charge < -0.3 is 10.1 Å². The number of hydrogen-bond donors (Lipinski definition) is 1. The minimum Gasteiger partial charge on any atom is -0.494 e. The fourth-order valence-electron chi connectivity index (χ4n) is 1.07. The molecule has 0 aromatic heterocycles. The summed E-state index contributed by atoms with van der Waals surface area (Å²) >= 11 is 0. The Balaban J connectivity index is 2.96. The van der Waals surface area contributed by atoms with E-state index in [0.717, 1.165) is 17.7 Å². The summed E-state index contributed by atoms with van der Waals surface area (Å²) in [4.78, 5) is 10.9. The van der Waals surface area contributed by atoms with Gasteiger partial charge in [-0.3, -0.25) is 4.79 Å². The first kappa shape index (κ1) is 8.84. The van der Waals surface area contributed by atoms with Gasteiger partial charge in [-0.15, -0.1) is 0 Å². The Hall–Kier alpha value is -1.25. The summed E-state index contributed by atoms with van der Waals surface area (Å²) in [6.45, 7) is 4.02. The second kappa shape index (κ2) is 3.43. The highest BCUT2D eigenvalue weighted by atomic mass is 16.5. The van der Waals surface area contributed by atoms with Crippen molar-refractivity contribution in [3.8, 4) is 0 Å². The quantitative estimate of drug-likeness (QED) is 0.673. The van der Waals surface area contributed by atoms with Crippen LogP contribution in [0.25, 0.3) is 0 Å². The van der Waals surface area contributed by atoms with Crippen LogP contribution in [0, 0.1) is 0 Å². The molecule has 0 fully saturated rings.